The van der Waals surface area contributed by atoms with Gasteiger partial charge < -0.3 is 15.4 Å². The van der Waals surface area contributed by atoms with Gasteiger partial charge in [0.25, 0.3) is 0 Å². The van der Waals surface area contributed by atoms with Crippen LogP contribution in [0.15, 0.2) is 0 Å². The summed E-state index contributed by atoms with van der Waals surface area (Å²) in [6.07, 6.45) is 0.966. The van der Waals surface area contributed by atoms with Crippen LogP contribution >= 0.6 is 0 Å². The Balaban J connectivity index is 1.81. The van der Waals surface area contributed by atoms with E-state index < -0.39 is 0 Å². The quantitative estimate of drug-likeness (QED) is 0.643. The lowest BCUT2D eigenvalue weighted by Crippen LogP contribution is -2.42. The van der Waals surface area contributed by atoms with Crippen LogP contribution in [-0.2, 0) is 9.53 Å². The maximum Gasteiger partial charge on any atom is 0.224 e. The lowest BCUT2D eigenvalue weighted by atomic mass is 10.0. The van der Waals surface area contributed by atoms with Gasteiger partial charge in [-0.25, -0.2) is 0 Å². The largest absolute Gasteiger partial charge is 0.379 e. The average Bonchev–Trinajstić information content (AvgIpc) is 2.77. The zero-order valence-corrected chi connectivity index (χ0v) is 8.58. The van der Waals surface area contributed by atoms with Crippen molar-refractivity contribution in [3.63, 3.8) is 0 Å². The average molecular weight is 198 g/mol. The van der Waals surface area contributed by atoms with E-state index in [9.17, 15) is 4.79 Å². The van der Waals surface area contributed by atoms with E-state index >= 15 is 0 Å². The van der Waals surface area contributed by atoms with E-state index in [1.807, 2.05) is 0 Å². The highest BCUT2D eigenvalue weighted by Crippen LogP contribution is 2.14. The van der Waals surface area contributed by atoms with E-state index in [4.69, 9.17) is 4.74 Å². The van der Waals surface area contributed by atoms with Gasteiger partial charge in [-0.3, -0.25) is 4.79 Å². The second-order valence-electron chi connectivity index (χ2n) is 4.32. The molecule has 2 fully saturated rings. The number of hydrogen-bond donors (Lipinski definition) is 2. The highest BCUT2D eigenvalue weighted by Gasteiger charge is 2.29. The summed E-state index contributed by atoms with van der Waals surface area (Å²) in [5, 5.41) is 6.26. The standard InChI is InChI=1S/C10H18N2O2/c1-7-5-14-6-9(7)12-10(13)8-2-3-11-4-8/h7-9,11H,2-6H2,1H3,(H,12,13). The SMILES string of the molecule is CC1COCC1NC(=O)C1CCNC1. The first-order valence-electron chi connectivity index (χ1n) is 5.36. The van der Waals surface area contributed by atoms with Gasteiger partial charge in [0.05, 0.1) is 25.2 Å². The Morgan fingerprint density at radius 3 is 2.93 bits per heavy atom. The maximum absolute atomic E-state index is 11.7. The van der Waals surface area contributed by atoms with Gasteiger partial charge in [0, 0.05) is 12.5 Å². The summed E-state index contributed by atoms with van der Waals surface area (Å²) >= 11 is 0. The number of ether oxygens (including phenoxy) is 1. The van der Waals surface area contributed by atoms with Crippen molar-refractivity contribution in [2.45, 2.75) is 19.4 Å². The molecule has 14 heavy (non-hydrogen) atoms. The van der Waals surface area contributed by atoms with Gasteiger partial charge in [0.15, 0.2) is 0 Å². The number of amides is 1. The van der Waals surface area contributed by atoms with Crippen molar-refractivity contribution in [2.24, 2.45) is 11.8 Å². The molecule has 0 aliphatic carbocycles. The predicted octanol–water partition coefficient (Wildman–Crippen LogP) is -0.253. The summed E-state index contributed by atoms with van der Waals surface area (Å²) in [5.74, 6) is 0.813. The molecule has 0 saturated carbocycles. The van der Waals surface area contributed by atoms with Crippen LogP contribution in [0.25, 0.3) is 0 Å². The van der Waals surface area contributed by atoms with E-state index in [1.165, 1.54) is 0 Å². The van der Waals surface area contributed by atoms with E-state index in [-0.39, 0.29) is 17.9 Å². The van der Waals surface area contributed by atoms with E-state index in [0.29, 0.717) is 12.5 Å². The molecule has 4 heteroatoms. The summed E-state index contributed by atoms with van der Waals surface area (Å²) in [4.78, 5) is 11.7. The molecule has 2 heterocycles. The molecule has 0 aromatic carbocycles. The van der Waals surface area contributed by atoms with Gasteiger partial charge in [0.1, 0.15) is 0 Å². The topological polar surface area (TPSA) is 50.4 Å². The lowest BCUT2D eigenvalue weighted by Gasteiger charge is -2.17. The first-order valence-corrected chi connectivity index (χ1v) is 5.36. The zero-order valence-electron chi connectivity index (χ0n) is 8.58. The Morgan fingerprint density at radius 2 is 2.36 bits per heavy atom. The van der Waals surface area contributed by atoms with Crippen LogP contribution in [0.5, 0.6) is 0 Å². The summed E-state index contributed by atoms with van der Waals surface area (Å²) in [6.45, 7) is 5.36. The van der Waals surface area contributed by atoms with Crippen molar-refractivity contribution in [3.05, 3.63) is 0 Å². The maximum atomic E-state index is 11.7. The monoisotopic (exact) mass is 198 g/mol. The molecule has 2 aliphatic rings. The Labute approximate surface area is 84.4 Å². The summed E-state index contributed by atoms with van der Waals surface area (Å²) in [6, 6.07) is 0.225. The first-order chi connectivity index (χ1) is 6.77. The fourth-order valence-corrected chi connectivity index (χ4v) is 2.02. The molecule has 2 aliphatic heterocycles. The van der Waals surface area contributed by atoms with Gasteiger partial charge in [-0.15, -0.1) is 0 Å². The molecule has 3 atom stereocenters. The minimum atomic E-state index is 0.169. The molecule has 0 radical (unpaired) electrons. The van der Waals surface area contributed by atoms with Crippen molar-refractivity contribution < 1.29 is 9.53 Å². The number of hydrogen-bond acceptors (Lipinski definition) is 3. The Hall–Kier alpha value is -0.610. The van der Waals surface area contributed by atoms with Crippen molar-refractivity contribution in [2.75, 3.05) is 26.3 Å². The normalized spacial score (nSPS) is 37.4. The van der Waals surface area contributed by atoms with Crippen molar-refractivity contribution in [1.29, 1.82) is 0 Å². The molecule has 80 valence electrons. The molecule has 0 bridgehead atoms. The fraction of sp³-hybridized carbons (Fsp3) is 0.900. The molecule has 0 aromatic rings. The molecule has 2 rings (SSSR count). The van der Waals surface area contributed by atoms with E-state index in [0.717, 1.165) is 26.1 Å². The molecule has 1 amide bonds. The summed E-state index contributed by atoms with van der Waals surface area (Å²) < 4.78 is 5.30. The van der Waals surface area contributed by atoms with Crippen molar-refractivity contribution >= 4 is 5.91 Å². The third-order valence-electron chi connectivity index (χ3n) is 3.12. The highest BCUT2D eigenvalue weighted by atomic mass is 16.5. The van der Waals surface area contributed by atoms with Crippen LogP contribution in [0.1, 0.15) is 13.3 Å². The minimum Gasteiger partial charge on any atom is -0.379 e. The summed E-state index contributed by atoms with van der Waals surface area (Å²) in [7, 11) is 0. The fourth-order valence-electron chi connectivity index (χ4n) is 2.02. The minimum absolute atomic E-state index is 0.169. The van der Waals surface area contributed by atoms with Crippen LogP contribution in [0.4, 0.5) is 0 Å². The van der Waals surface area contributed by atoms with Crippen LogP contribution in [0.3, 0.4) is 0 Å². The molecule has 0 spiro atoms. The van der Waals surface area contributed by atoms with Crippen molar-refractivity contribution in [3.8, 4) is 0 Å². The third-order valence-corrected chi connectivity index (χ3v) is 3.12. The van der Waals surface area contributed by atoms with Gasteiger partial charge >= 0.3 is 0 Å². The number of carbonyl (C=O) groups is 1. The van der Waals surface area contributed by atoms with E-state index in [2.05, 4.69) is 17.6 Å². The van der Waals surface area contributed by atoms with Gasteiger partial charge in [0.2, 0.25) is 5.91 Å². The smallest absolute Gasteiger partial charge is 0.224 e. The Kier molecular flexibility index (Phi) is 3.03. The van der Waals surface area contributed by atoms with Crippen molar-refractivity contribution in [1.82, 2.24) is 10.6 Å². The second-order valence-corrected chi connectivity index (χ2v) is 4.32. The number of carbonyl (C=O) groups excluding carboxylic acids is 1. The molecular formula is C10H18N2O2. The molecular weight excluding hydrogens is 180 g/mol. The molecule has 2 N–H and O–H groups in total. The van der Waals surface area contributed by atoms with E-state index in [1.54, 1.807) is 0 Å². The molecule has 3 unspecified atom stereocenters. The highest BCUT2D eigenvalue weighted by molar-refractivity contribution is 5.79. The molecule has 2 saturated heterocycles. The van der Waals surface area contributed by atoms with Gasteiger partial charge in [-0.1, -0.05) is 6.92 Å². The second kappa shape index (κ2) is 4.28. The zero-order chi connectivity index (χ0) is 9.97. The molecule has 4 nitrogen and oxygen atoms in total. The van der Waals surface area contributed by atoms with Crippen LogP contribution in [-0.4, -0.2) is 38.3 Å². The predicted molar refractivity (Wildman–Crippen MR) is 52.9 cm³/mol. The third kappa shape index (κ3) is 2.07. The van der Waals surface area contributed by atoms with Crippen LogP contribution in [0, 0.1) is 11.8 Å². The van der Waals surface area contributed by atoms with Crippen LogP contribution < -0.4 is 10.6 Å². The Bertz CT molecular complexity index is 214. The first kappa shape index (κ1) is 9.93. The van der Waals surface area contributed by atoms with Crippen LogP contribution in [0.2, 0.25) is 0 Å². The Morgan fingerprint density at radius 1 is 1.50 bits per heavy atom. The lowest BCUT2D eigenvalue weighted by molar-refractivity contribution is -0.125. The van der Waals surface area contributed by atoms with Gasteiger partial charge in [-0.2, -0.15) is 0 Å². The number of rotatable bonds is 2. The number of nitrogens with one attached hydrogen (secondary N) is 2. The molecule has 0 aromatic heterocycles. The van der Waals surface area contributed by atoms with Gasteiger partial charge in [-0.05, 0) is 13.0 Å². The summed E-state index contributed by atoms with van der Waals surface area (Å²) in [5.41, 5.74) is 0.